The number of nitrogens with one attached hydrogen (secondary N) is 1. The summed E-state index contributed by atoms with van der Waals surface area (Å²) in [5, 5.41) is 15.4. The lowest BCUT2D eigenvalue weighted by Crippen LogP contribution is -2.48. The third kappa shape index (κ3) is 2.27. The fraction of sp³-hybridized carbons (Fsp3) is 0.600. The average molecular weight is 238 g/mol. The van der Waals surface area contributed by atoms with E-state index in [1.807, 2.05) is 0 Å². The highest BCUT2D eigenvalue weighted by molar-refractivity contribution is 5.93. The lowest BCUT2D eigenvalue weighted by Gasteiger charge is -2.31. The fourth-order valence-electron chi connectivity index (χ4n) is 2.00. The number of aromatic amines is 1. The summed E-state index contributed by atoms with van der Waals surface area (Å²) in [6, 6.07) is -0.755. The Morgan fingerprint density at radius 1 is 1.47 bits per heavy atom. The zero-order valence-corrected chi connectivity index (χ0v) is 9.51. The predicted molar refractivity (Wildman–Crippen MR) is 57.4 cm³/mol. The molecular weight excluding hydrogens is 224 g/mol. The van der Waals surface area contributed by atoms with E-state index in [1.54, 1.807) is 6.92 Å². The molecule has 17 heavy (non-hydrogen) atoms. The number of amides is 1. The smallest absolute Gasteiger partial charge is 0.326 e. The molecule has 2 heterocycles. The van der Waals surface area contributed by atoms with E-state index in [2.05, 4.69) is 15.2 Å². The third-order valence-corrected chi connectivity index (χ3v) is 2.84. The van der Waals surface area contributed by atoms with Crippen LogP contribution in [0.15, 0.2) is 0 Å². The first kappa shape index (κ1) is 11.6. The monoisotopic (exact) mass is 238 g/mol. The first-order chi connectivity index (χ1) is 8.09. The van der Waals surface area contributed by atoms with Gasteiger partial charge in [-0.25, -0.2) is 9.78 Å². The molecule has 0 spiro atoms. The lowest BCUT2D eigenvalue weighted by atomic mass is 10.0. The van der Waals surface area contributed by atoms with Crippen molar-refractivity contribution >= 4 is 11.9 Å². The number of piperidine rings is 1. The van der Waals surface area contributed by atoms with Crippen molar-refractivity contribution in [2.45, 2.75) is 32.2 Å². The number of aromatic nitrogens is 3. The quantitative estimate of drug-likeness (QED) is 0.766. The summed E-state index contributed by atoms with van der Waals surface area (Å²) in [6.45, 7) is 2.14. The summed E-state index contributed by atoms with van der Waals surface area (Å²) in [5.41, 5.74) is 0. The molecule has 0 unspecified atom stereocenters. The number of hydrogen-bond acceptors (Lipinski definition) is 4. The van der Waals surface area contributed by atoms with E-state index in [1.165, 1.54) is 4.90 Å². The highest BCUT2D eigenvalue weighted by Gasteiger charge is 2.33. The SMILES string of the molecule is Cc1nc(C(=O)N2CCCC[C@H]2C(=O)O)n[nH]1. The Morgan fingerprint density at radius 2 is 2.24 bits per heavy atom. The van der Waals surface area contributed by atoms with Crippen molar-refractivity contribution in [3.8, 4) is 0 Å². The van der Waals surface area contributed by atoms with Crippen LogP contribution in [-0.4, -0.2) is 49.7 Å². The minimum absolute atomic E-state index is 0.0376. The molecule has 1 aliphatic heterocycles. The van der Waals surface area contributed by atoms with Gasteiger partial charge in [-0.1, -0.05) is 0 Å². The van der Waals surface area contributed by atoms with Gasteiger partial charge in [0.2, 0.25) is 5.82 Å². The van der Waals surface area contributed by atoms with Crippen molar-refractivity contribution in [1.29, 1.82) is 0 Å². The van der Waals surface area contributed by atoms with Crippen LogP contribution in [0.25, 0.3) is 0 Å². The zero-order chi connectivity index (χ0) is 12.4. The number of hydrogen-bond donors (Lipinski definition) is 2. The summed E-state index contributed by atoms with van der Waals surface area (Å²) in [4.78, 5) is 28.4. The van der Waals surface area contributed by atoms with Crippen molar-refractivity contribution in [2.24, 2.45) is 0 Å². The number of rotatable bonds is 2. The number of nitrogens with zero attached hydrogens (tertiary/aromatic N) is 3. The Kier molecular flexibility index (Phi) is 3.08. The minimum Gasteiger partial charge on any atom is -0.480 e. The van der Waals surface area contributed by atoms with E-state index in [0.29, 0.717) is 18.8 Å². The molecule has 1 aromatic rings. The normalized spacial score (nSPS) is 20.3. The van der Waals surface area contributed by atoms with Crippen LogP contribution < -0.4 is 0 Å². The van der Waals surface area contributed by atoms with E-state index >= 15 is 0 Å². The fourth-order valence-corrected chi connectivity index (χ4v) is 2.00. The van der Waals surface area contributed by atoms with Gasteiger partial charge in [-0.05, 0) is 26.2 Å². The molecule has 1 amide bonds. The molecule has 7 heteroatoms. The predicted octanol–water partition coefficient (Wildman–Crippen LogP) is 0.192. The van der Waals surface area contributed by atoms with Gasteiger partial charge in [0, 0.05) is 6.54 Å². The molecule has 0 aromatic carbocycles. The molecule has 92 valence electrons. The van der Waals surface area contributed by atoms with Crippen molar-refractivity contribution in [3.63, 3.8) is 0 Å². The van der Waals surface area contributed by atoms with Gasteiger partial charge in [0.05, 0.1) is 0 Å². The second-order valence-electron chi connectivity index (χ2n) is 4.09. The highest BCUT2D eigenvalue weighted by Crippen LogP contribution is 2.18. The number of carbonyl (C=O) groups is 2. The first-order valence-corrected chi connectivity index (χ1v) is 5.52. The summed E-state index contributed by atoms with van der Waals surface area (Å²) >= 11 is 0. The largest absolute Gasteiger partial charge is 0.480 e. The Labute approximate surface area is 97.8 Å². The van der Waals surface area contributed by atoms with E-state index in [9.17, 15) is 9.59 Å². The molecule has 1 aliphatic rings. The maximum atomic E-state index is 12.0. The Bertz CT molecular complexity index is 443. The summed E-state index contributed by atoms with van der Waals surface area (Å²) in [6.07, 6.45) is 2.14. The van der Waals surface area contributed by atoms with Gasteiger partial charge in [-0.15, -0.1) is 5.10 Å². The number of carboxylic acid groups (broad SMARTS) is 1. The molecule has 1 fully saturated rings. The van der Waals surface area contributed by atoms with Crippen molar-refractivity contribution in [3.05, 3.63) is 11.6 Å². The van der Waals surface area contributed by atoms with E-state index in [-0.39, 0.29) is 5.82 Å². The molecule has 0 radical (unpaired) electrons. The standard InChI is InChI=1S/C10H14N4O3/c1-6-11-8(13-12-6)9(15)14-5-3-2-4-7(14)10(16)17/h7H,2-5H2,1H3,(H,16,17)(H,11,12,13)/t7-/m0/s1. The molecule has 0 saturated carbocycles. The van der Waals surface area contributed by atoms with Gasteiger partial charge >= 0.3 is 5.97 Å². The van der Waals surface area contributed by atoms with Gasteiger partial charge in [0.1, 0.15) is 11.9 Å². The van der Waals surface area contributed by atoms with E-state index in [4.69, 9.17) is 5.11 Å². The molecule has 0 aliphatic carbocycles. The second kappa shape index (κ2) is 4.52. The van der Waals surface area contributed by atoms with Crippen LogP contribution in [0, 0.1) is 6.92 Å². The summed E-state index contributed by atoms with van der Waals surface area (Å²) in [5.74, 6) is -0.806. The number of H-pyrrole nitrogens is 1. The van der Waals surface area contributed by atoms with Crippen LogP contribution in [0.5, 0.6) is 0 Å². The Balaban J connectivity index is 2.19. The summed E-state index contributed by atoms with van der Waals surface area (Å²) < 4.78 is 0. The van der Waals surface area contributed by atoms with Crippen LogP contribution in [0.2, 0.25) is 0 Å². The average Bonchev–Trinajstić information content (AvgIpc) is 2.75. The van der Waals surface area contributed by atoms with Crippen LogP contribution in [0.1, 0.15) is 35.7 Å². The topological polar surface area (TPSA) is 99.2 Å². The van der Waals surface area contributed by atoms with Gasteiger partial charge in [0.25, 0.3) is 5.91 Å². The molecule has 1 aromatic heterocycles. The molecular formula is C10H14N4O3. The molecule has 1 saturated heterocycles. The maximum absolute atomic E-state index is 12.0. The number of carbonyl (C=O) groups excluding carboxylic acids is 1. The molecule has 0 bridgehead atoms. The highest BCUT2D eigenvalue weighted by atomic mass is 16.4. The van der Waals surface area contributed by atoms with Gasteiger partial charge in [0.15, 0.2) is 0 Å². The van der Waals surface area contributed by atoms with Crippen LogP contribution >= 0.6 is 0 Å². The summed E-state index contributed by atoms with van der Waals surface area (Å²) in [7, 11) is 0. The maximum Gasteiger partial charge on any atom is 0.326 e. The Morgan fingerprint density at radius 3 is 2.82 bits per heavy atom. The number of likely N-dealkylation sites (tertiary alicyclic amines) is 1. The van der Waals surface area contributed by atoms with Crippen LogP contribution in [-0.2, 0) is 4.79 Å². The van der Waals surface area contributed by atoms with Crippen LogP contribution in [0.3, 0.4) is 0 Å². The van der Waals surface area contributed by atoms with Crippen molar-refractivity contribution in [2.75, 3.05) is 6.54 Å². The van der Waals surface area contributed by atoms with Gasteiger partial charge in [-0.3, -0.25) is 9.89 Å². The van der Waals surface area contributed by atoms with Gasteiger partial charge in [-0.2, -0.15) is 0 Å². The van der Waals surface area contributed by atoms with Crippen molar-refractivity contribution in [1.82, 2.24) is 20.1 Å². The van der Waals surface area contributed by atoms with Crippen LogP contribution in [0.4, 0.5) is 0 Å². The van der Waals surface area contributed by atoms with E-state index in [0.717, 1.165) is 12.8 Å². The lowest BCUT2D eigenvalue weighted by molar-refractivity contribution is -0.143. The third-order valence-electron chi connectivity index (χ3n) is 2.84. The zero-order valence-electron chi connectivity index (χ0n) is 9.51. The van der Waals surface area contributed by atoms with Gasteiger partial charge < -0.3 is 10.0 Å². The van der Waals surface area contributed by atoms with E-state index < -0.39 is 17.9 Å². The first-order valence-electron chi connectivity index (χ1n) is 5.52. The molecule has 2 rings (SSSR count). The molecule has 1 atom stereocenters. The minimum atomic E-state index is -0.967. The second-order valence-corrected chi connectivity index (χ2v) is 4.09. The van der Waals surface area contributed by atoms with Crippen molar-refractivity contribution < 1.29 is 14.7 Å². The number of aryl methyl sites for hydroxylation is 1. The molecule has 7 nitrogen and oxygen atoms in total. The number of carboxylic acids is 1. The number of aliphatic carboxylic acids is 1. The Hall–Kier alpha value is -1.92. The molecule has 2 N–H and O–H groups in total.